The van der Waals surface area contributed by atoms with E-state index in [4.69, 9.17) is 0 Å². The molecule has 1 N–H and O–H groups in total. The van der Waals surface area contributed by atoms with Crippen molar-refractivity contribution < 1.29 is 28.7 Å². The van der Waals surface area contributed by atoms with Crippen LogP contribution >= 0.6 is 0 Å². The van der Waals surface area contributed by atoms with Crippen LogP contribution < -0.4 is 10.2 Å². The van der Waals surface area contributed by atoms with Crippen LogP contribution in [-0.2, 0) is 19.1 Å². The van der Waals surface area contributed by atoms with Crippen molar-refractivity contribution in [2.24, 2.45) is 0 Å². The molecule has 0 unspecified atom stereocenters. The Hall–Kier alpha value is -3.16. The van der Waals surface area contributed by atoms with Gasteiger partial charge in [0.05, 0.1) is 43.0 Å². The van der Waals surface area contributed by atoms with Crippen LogP contribution in [0.2, 0.25) is 0 Å². The Balaban J connectivity index is 2.17. The molecule has 0 radical (unpaired) electrons. The van der Waals surface area contributed by atoms with Gasteiger partial charge in [0.1, 0.15) is 5.82 Å². The van der Waals surface area contributed by atoms with Crippen molar-refractivity contribution >= 4 is 29.4 Å². The lowest BCUT2D eigenvalue weighted by Crippen LogP contribution is -2.41. The van der Waals surface area contributed by atoms with E-state index in [1.165, 1.54) is 37.3 Å². The summed E-state index contributed by atoms with van der Waals surface area (Å²) in [7, 11) is 2.42. The highest BCUT2D eigenvalue weighted by Crippen LogP contribution is 2.36. The minimum Gasteiger partial charge on any atom is -0.466 e. The number of ether oxygens (including phenoxy) is 2. The number of methoxy groups -OCH3 is 2. The molecule has 0 aromatic heterocycles. The maximum absolute atomic E-state index is 12.3. The van der Waals surface area contributed by atoms with Gasteiger partial charge in [-0.25, -0.2) is 9.59 Å². The minimum absolute atomic E-state index is 0.0694. The number of carbonyl (C=O) groups is 4. The van der Waals surface area contributed by atoms with Crippen molar-refractivity contribution in [3.05, 3.63) is 40.7 Å². The fourth-order valence-electron chi connectivity index (χ4n) is 2.58. The molecule has 0 spiro atoms. The van der Waals surface area contributed by atoms with Gasteiger partial charge >= 0.3 is 11.9 Å². The van der Waals surface area contributed by atoms with Crippen LogP contribution in [0.5, 0.6) is 0 Å². The van der Waals surface area contributed by atoms with Crippen LogP contribution in [0, 0.1) is 0 Å². The predicted octanol–water partition coefficient (Wildman–Crippen LogP) is 0.338. The molecule has 118 valence electrons. The third kappa shape index (κ3) is 2.15. The molecule has 0 saturated carbocycles. The van der Waals surface area contributed by atoms with E-state index in [2.05, 4.69) is 14.8 Å². The first-order chi connectivity index (χ1) is 11.0. The summed E-state index contributed by atoms with van der Waals surface area (Å²) in [5, 5.41) is 2.52. The maximum Gasteiger partial charge on any atom is 0.337 e. The van der Waals surface area contributed by atoms with Gasteiger partial charge in [0, 0.05) is 0 Å². The van der Waals surface area contributed by atoms with Gasteiger partial charge in [0.15, 0.2) is 0 Å². The second-order valence-corrected chi connectivity index (χ2v) is 4.90. The average molecular weight is 316 g/mol. The SMILES string of the molecule is COC(=O)C1=C2NC(=O)c3ccc(C(=O)OC)cc3N2C(=O)C1. The van der Waals surface area contributed by atoms with Crippen molar-refractivity contribution in [1.82, 2.24) is 5.32 Å². The molecule has 0 fully saturated rings. The number of hydrogen-bond acceptors (Lipinski definition) is 6. The first kappa shape index (κ1) is 14.8. The van der Waals surface area contributed by atoms with Gasteiger partial charge in [0.25, 0.3) is 5.91 Å². The lowest BCUT2D eigenvalue weighted by molar-refractivity contribution is -0.136. The first-order valence-corrected chi connectivity index (χ1v) is 6.66. The molecule has 0 bridgehead atoms. The zero-order valence-electron chi connectivity index (χ0n) is 12.3. The number of carbonyl (C=O) groups excluding carboxylic acids is 4. The molecule has 1 aromatic rings. The molecule has 8 heteroatoms. The standard InChI is InChI=1S/C15H12N2O6/c1-22-14(20)7-3-4-8-10(5-7)17-11(18)6-9(15(21)23-2)12(17)16-13(8)19/h3-5H,6H2,1-2H3,(H,16,19). The molecule has 23 heavy (non-hydrogen) atoms. The lowest BCUT2D eigenvalue weighted by Gasteiger charge is -2.28. The number of nitrogens with one attached hydrogen (secondary N) is 1. The predicted molar refractivity (Wildman–Crippen MR) is 76.4 cm³/mol. The normalized spacial score (nSPS) is 15.8. The highest BCUT2D eigenvalue weighted by atomic mass is 16.5. The molecule has 0 aliphatic carbocycles. The molecule has 8 nitrogen and oxygen atoms in total. The van der Waals surface area contributed by atoms with Crippen molar-refractivity contribution in [2.75, 3.05) is 19.1 Å². The van der Waals surface area contributed by atoms with E-state index in [0.29, 0.717) is 0 Å². The minimum atomic E-state index is -0.691. The monoisotopic (exact) mass is 316 g/mol. The molecule has 3 rings (SSSR count). The Morgan fingerprint density at radius 3 is 2.48 bits per heavy atom. The second-order valence-electron chi connectivity index (χ2n) is 4.90. The molecule has 0 saturated heterocycles. The van der Waals surface area contributed by atoms with Gasteiger partial charge < -0.3 is 14.8 Å². The summed E-state index contributed by atoms with van der Waals surface area (Å²) < 4.78 is 9.27. The topological polar surface area (TPSA) is 102 Å². The van der Waals surface area contributed by atoms with Crippen LogP contribution in [-0.4, -0.2) is 38.0 Å². The van der Waals surface area contributed by atoms with E-state index in [9.17, 15) is 19.2 Å². The first-order valence-electron chi connectivity index (χ1n) is 6.66. The quantitative estimate of drug-likeness (QED) is 0.789. The van der Waals surface area contributed by atoms with Gasteiger partial charge in [-0.3, -0.25) is 14.5 Å². The van der Waals surface area contributed by atoms with Crippen molar-refractivity contribution in [3.63, 3.8) is 0 Å². The van der Waals surface area contributed by atoms with Crippen LogP contribution in [0.3, 0.4) is 0 Å². The van der Waals surface area contributed by atoms with Crippen molar-refractivity contribution in [3.8, 4) is 0 Å². The number of nitrogens with zero attached hydrogens (tertiary/aromatic N) is 1. The average Bonchev–Trinajstić information content (AvgIpc) is 2.89. The fraction of sp³-hybridized carbons (Fsp3) is 0.200. The molecular formula is C15H12N2O6. The molecule has 0 atom stereocenters. The third-order valence-electron chi connectivity index (χ3n) is 3.65. The molecule has 1 aromatic carbocycles. The summed E-state index contributed by atoms with van der Waals surface area (Å²) in [4.78, 5) is 49.1. The van der Waals surface area contributed by atoms with Crippen LogP contribution in [0.1, 0.15) is 27.1 Å². The number of rotatable bonds is 2. The van der Waals surface area contributed by atoms with Gasteiger partial charge in [-0.05, 0) is 18.2 Å². The van der Waals surface area contributed by atoms with E-state index >= 15 is 0 Å². The van der Waals surface area contributed by atoms with Crippen molar-refractivity contribution in [1.29, 1.82) is 0 Å². The Bertz CT molecular complexity index is 795. The second kappa shape index (κ2) is 5.24. The number of anilines is 1. The highest BCUT2D eigenvalue weighted by Gasteiger charge is 2.41. The zero-order valence-corrected chi connectivity index (χ0v) is 12.3. The number of amides is 2. The Morgan fingerprint density at radius 1 is 1.13 bits per heavy atom. The smallest absolute Gasteiger partial charge is 0.337 e. The van der Waals surface area contributed by atoms with Crippen LogP contribution in [0.15, 0.2) is 29.6 Å². The summed E-state index contributed by atoms with van der Waals surface area (Å²) in [5.41, 5.74) is 0.719. The Kier molecular flexibility index (Phi) is 3.36. The maximum atomic E-state index is 12.3. The molecule has 2 aliphatic rings. The third-order valence-corrected chi connectivity index (χ3v) is 3.65. The van der Waals surface area contributed by atoms with Crippen LogP contribution in [0.4, 0.5) is 5.69 Å². The van der Waals surface area contributed by atoms with Gasteiger partial charge in [-0.1, -0.05) is 0 Å². The Labute approximate surface area is 130 Å². The highest BCUT2D eigenvalue weighted by molar-refractivity contribution is 6.17. The van der Waals surface area contributed by atoms with E-state index in [-0.39, 0.29) is 34.6 Å². The Morgan fingerprint density at radius 2 is 1.83 bits per heavy atom. The molecule has 2 aliphatic heterocycles. The number of benzene rings is 1. The van der Waals surface area contributed by atoms with Gasteiger partial charge in [-0.2, -0.15) is 0 Å². The molecule has 2 heterocycles. The van der Waals surface area contributed by atoms with Gasteiger partial charge in [-0.15, -0.1) is 0 Å². The lowest BCUT2D eigenvalue weighted by atomic mass is 10.1. The van der Waals surface area contributed by atoms with E-state index < -0.39 is 23.8 Å². The van der Waals surface area contributed by atoms with Gasteiger partial charge in [0.2, 0.25) is 5.91 Å². The zero-order chi connectivity index (χ0) is 16.7. The number of hydrogen-bond donors (Lipinski definition) is 1. The summed E-state index contributed by atoms with van der Waals surface area (Å²) in [5.74, 6) is -2.09. The molecular weight excluding hydrogens is 304 g/mol. The van der Waals surface area contributed by atoms with E-state index in [1.54, 1.807) is 0 Å². The van der Waals surface area contributed by atoms with Crippen molar-refractivity contribution in [2.45, 2.75) is 6.42 Å². The number of fused-ring (bicyclic) bond motifs is 3. The summed E-state index contributed by atoms with van der Waals surface area (Å²) in [6.45, 7) is 0. The summed E-state index contributed by atoms with van der Waals surface area (Å²) in [6.07, 6.45) is -0.190. The fourth-order valence-corrected chi connectivity index (χ4v) is 2.58. The molecule has 2 amide bonds. The number of esters is 2. The summed E-state index contributed by atoms with van der Waals surface area (Å²) in [6, 6.07) is 4.25. The largest absolute Gasteiger partial charge is 0.466 e. The summed E-state index contributed by atoms with van der Waals surface area (Å²) >= 11 is 0. The van der Waals surface area contributed by atoms with Crippen LogP contribution in [0.25, 0.3) is 0 Å². The van der Waals surface area contributed by atoms with E-state index in [0.717, 1.165) is 0 Å². The van der Waals surface area contributed by atoms with E-state index in [1.807, 2.05) is 0 Å².